The average molecular weight is 324 g/mol. The van der Waals surface area contributed by atoms with Crippen molar-refractivity contribution in [2.75, 3.05) is 0 Å². The SMILES string of the molecule is Cc1cc(C)c(CNCc2ccnc(OC3CCCC3)c2)cc1C. The van der Waals surface area contributed by atoms with Gasteiger partial charge in [-0.2, -0.15) is 0 Å². The molecule has 3 rings (SSSR count). The molecule has 1 heterocycles. The van der Waals surface area contributed by atoms with Gasteiger partial charge in [0.1, 0.15) is 6.10 Å². The molecule has 1 fully saturated rings. The molecule has 1 N–H and O–H groups in total. The smallest absolute Gasteiger partial charge is 0.213 e. The van der Waals surface area contributed by atoms with Gasteiger partial charge in [0.2, 0.25) is 5.88 Å². The van der Waals surface area contributed by atoms with E-state index in [1.165, 1.54) is 40.7 Å². The fraction of sp³-hybridized carbons (Fsp3) is 0.476. The van der Waals surface area contributed by atoms with Crippen molar-refractivity contribution < 1.29 is 4.74 Å². The molecule has 0 unspecified atom stereocenters. The summed E-state index contributed by atoms with van der Waals surface area (Å²) in [6.45, 7) is 8.24. The van der Waals surface area contributed by atoms with E-state index in [1.807, 2.05) is 6.20 Å². The number of benzene rings is 1. The molecule has 0 radical (unpaired) electrons. The molecule has 0 atom stereocenters. The molecule has 128 valence electrons. The van der Waals surface area contributed by atoms with Gasteiger partial charge >= 0.3 is 0 Å². The quantitative estimate of drug-likeness (QED) is 0.842. The van der Waals surface area contributed by atoms with E-state index in [0.29, 0.717) is 6.10 Å². The van der Waals surface area contributed by atoms with Gasteiger partial charge in [-0.1, -0.05) is 12.1 Å². The van der Waals surface area contributed by atoms with Crippen molar-refractivity contribution in [2.45, 2.75) is 65.6 Å². The number of nitrogens with zero attached hydrogens (tertiary/aromatic N) is 1. The number of hydrogen-bond donors (Lipinski definition) is 1. The van der Waals surface area contributed by atoms with Crippen LogP contribution in [-0.4, -0.2) is 11.1 Å². The second-order valence-electron chi connectivity index (χ2n) is 6.99. The first-order valence-electron chi connectivity index (χ1n) is 9.01. The molecule has 1 aromatic heterocycles. The Bertz CT molecular complexity index is 690. The summed E-state index contributed by atoms with van der Waals surface area (Å²) >= 11 is 0. The van der Waals surface area contributed by atoms with Crippen LogP contribution in [0.3, 0.4) is 0 Å². The van der Waals surface area contributed by atoms with Crippen molar-refractivity contribution in [2.24, 2.45) is 0 Å². The van der Waals surface area contributed by atoms with Crippen molar-refractivity contribution in [3.8, 4) is 5.88 Å². The fourth-order valence-corrected chi connectivity index (χ4v) is 3.35. The molecule has 0 bridgehead atoms. The molecule has 3 nitrogen and oxygen atoms in total. The van der Waals surface area contributed by atoms with E-state index >= 15 is 0 Å². The Morgan fingerprint density at radius 2 is 1.75 bits per heavy atom. The number of aromatic nitrogens is 1. The van der Waals surface area contributed by atoms with E-state index in [0.717, 1.165) is 31.8 Å². The van der Waals surface area contributed by atoms with Gasteiger partial charge in [-0.3, -0.25) is 0 Å². The normalized spacial score (nSPS) is 15.0. The lowest BCUT2D eigenvalue weighted by molar-refractivity contribution is 0.201. The summed E-state index contributed by atoms with van der Waals surface area (Å²) in [4.78, 5) is 4.35. The Kier molecular flexibility index (Phi) is 5.52. The van der Waals surface area contributed by atoms with Gasteiger partial charge in [0.05, 0.1) is 0 Å². The largest absolute Gasteiger partial charge is 0.474 e. The zero-order valence-corrected chi connectivity index (χ0v) is 15.1. The fourth-order valence-electron chi connectivity index (χ4n) is 3.35. The second kappa shape index (κ2) is 7.80. The highest BCUT2D eigenvalue weighted by molar-refractivity contribution is 5.36. The summed E-state index contributed by atoms with van der Waals surface area (Å²) in [6, 6.07) is 8.69. The van der Waals surface area contributed by atoms with E-state index in [1.54, 1.807) is 0 Å². The van der Waals surface area contributed by atoms with Gasteiger partial charge in [0.15, 0.2) is 0 Å². The van der Waals surface area contributed by atoms with Crippen molar-refractivity contribution in [1.82, 2.24) is 10.3 Å². The standard InChI is InChI=1S/C21H28N2O/c1-15-10-17(3)19(11-16(15)2)14-22-13-18-8-9-23-21(12-18)24-20-6-4-5-7-20/h8-12,20,22H,4-7,13-14H2,1-3H3. The summed E-state index contributed by atoms with van der Waals surface area (Å²) < 4.78 is 5.99. The Morgan fingerprint density at radius 1 is 1.00 bits per heavy atom. The maximum Gasteiger partial charge on any atom is 0.213 e. The van der Waals surface area contributed by atoms with Crippen LogP contribution < -0.4 is 10.1 Å². The molecule has 1 saturated carbocycles. The van der Waals surface area contributed by atoms with E-state index < -0.39 is 0 Å². The van der Waals surface area contributed by atoms with E-state index in [-0.39, 0.29) is 0 Å². The third kappa shape index (κ3) is 4.35. The first kappa shape index (κ1) is 17.0. The Hall–Kier alpha value is -1.87. The van der Waals surface area contributed by atoms with Gasteiger partial charge in [0, 0.05) is 25.4 Å². The minimum atomic E-state index is 0.360. The molecule has 0 aliphatic heterocycles. The van der Waals surface area contributed by atoms with Crippen molar-refractivity contribution >= 4 is 0 Å². The Labute approximate surface area is 145 Å². The number of hydrogen-bond acceptors (Lipinski definition) is 3. The van der Waals surface area contributed by atoms with E-state index in [9.17, 15) is 0 Å². The summed E-state index contributed by atoms with van der Waals surface area (Å²) in [5.41, 5.74) is 6.66. The highest BCUT2D eigenvalue weighted by Crippen LogP contribution is 2.23. The van der Waals surface area contributed by atoms with Crippen LogP contribution in [0, 0.1) is 20.8 Å². The van der Waals surface area contributed by atoms with Crippen LogP contribution >= 0.6 is 0 Å². The zero-order valence-electron chi connectivity index (χ0n) is 15.1. The number of aryl methyl sites for hydroxylation is 3. The molecule has 3 heteroatoms. The number of nitrogens with one attached hydrogen (secondary N) is 1. The van der Waals surface area contributed by atoms with Crippen LogP contribution in [0.25, 0.3) is 0 Å². The van der Waals surface area contributed by atoms with Gasteiger partial charge in [-0.15, -0.1) is 0 Å². The topological polar surface area (TPSA) is 34.2 Å². The number of rotatable bonds is 6. The molecule has 1 aromatic carbocycles. The van der Waals surface area contributed by atoms with Gasteiger partial charge in [0.25, 0.3) is 0 Å². The molecule has 0 spiro atoms. The number of pyridine rings is 1. The van der Waals surface area contributed by atoms with Crippen LogP contribution in [0.1, 0.15) is 53.5 Å². The maximum absolute atomic E-state index is 5.99. The van der Waals surface area contributed by atoms with Crippen LogP contribution in [0.4, 0.5) is 0 Å². The third-order valence-corrected chi connectivity index (χ3v) is 4.99. The van der Waals surface area contributed by atoms with Crippen molar-refractivity contribution in [3.05, 3.63) is 58.3 Å². The summed E-state index contributed by atoms with van der Waals surface area (Å²) in [6.07, 6.45) is 7.09. The molecule has 0 amide bonds. The molecular formula is C21H28N2O. The lowest BCUT2D eigenvalue weighted by Crippen LogP contribution is -2.15. The van der Waals surface area contributed by atoms with Crippen molar-refractivity contribution in [1.29, 1.82) is 0 Å². The minimum absolute atomic E-state index is 0.360. The van der Waals surface area contributed by atoms with Crippen molar-refractivity contribution in [3.63, 3.8) is 0 Å². The molecule has 0 saturated heterocycles. The molecule has 24 heavy (non-hydrogen) atoms. The first-order chi connectivity index (χ1) is 11.6. The summed E-state index contributed by atoms with van der Waals surface area (Å²) in [5, 5.41) is 3.54. The predicted molar refractivity (Wildman–Crippen MR) is 98.3 cm³/mol. The Morgan fingerprint density at radius 3 is 2.54 bits per heavy atom. The third-order valence-electron chi connectivity index (χ3n) is 4.99. The predicted octanol–water partition coefficient (Wildman–Crippen LogP) is 4.62. The first-order valence-corrected chi connectivity index (χ1v) is 9.01. The monoisotopic (exact) mass is 324 g/mol. The van der Waals surface area contributed by atoms with Gasteiger partial charge in [-0.05, 0) is 80.3 Å². The summed E-state index contributed by atoms with van der Waals surface area (Å²) in [7, 11) is 0. The maximum atomic E-state index is 5.99. The molecule has 2 aromatic rings. The lowest BCUT2D eigenvalue weighted by atomic mass is 10.0. The van der Waals surface area contributed by atoms with E-state index in [4.69, 9.17) is 4.74 Å². The van der Waals surface area contributed by atoms with Gasteiger partial charge in [-0.25, -0.2) is 4.98 Å². The molecule has 1 aliphatic rings. The summed E-state index contributed by atoms with van der Waals surface area (Å²) in [5.74, 6) is 0.767. The van der Waals surface area contributed by atoms with Crippen LogP contribution in [0.15, 0.2) is 30.5 Å². The zero-order chi connectivity index (χ0) is 16.9. The van der Waals surface area contributed by atoms with Gasteiger partial charge < -0.3 is 10.1 Å². The minimum Gasteiger partial charge on any atom is -0.474 e. The number of ether oxygens (including phenoxy) is 1. The average Bonchev–Trinajstić information content (AvgIpc) is 3.05. The van der Waals surface area contributed by atoms with Crippen LogP contribution in [0.2, 0.25) is 0 Å². The van der Waals surface area contributed by atoms with Crippen LogP contribution in [-0.2, 0) is 13.1 Å². The molecule has 1 aliphatic carbocycles. The van der Waals surface area contributed by atoms with E-state index in [2.05, 4.69) is 55.3 Å². The second-order valence-corrected chi connectivity index (χ2v) is 6.99. The Balaban J connectivity index is 1.56. The lowest BCUT2D eigenvalue weighted by Gasteiger charge is -2.13. The van der Waals surface area contributed by atoms with Crippen LogP contribution in [0.5, 0.6) is 5.88 Å². The highest BCUT2D eigenvalue weighted by atomic mass is 16.5. The molecular weight excluding hydrogens is 296 g/mol. The highest BCUT2D eigenvalue weighted by Gasteiger charge is 2.16.